The molecule has 30 heavy (non-hydrogen) atoms. The second kappa shape index (κ2) is 12.9. The summed E-state index contributed by atoms with van der Waals surface area (Å²) in [4.78, 5) is 11.2. The second-order valence-electron chi connectivity index (χ2n) is 7.46. The number of benzene rings is 1. The molecule has 0 atom stereocenters. The average Bonchev–Trinajstić information content (AvgIpc) is 3.21. The molecule has 0 aliphatic carbocycles. The molecule has 2 N–H and O–H groups in total. The highest BCUT2D eigenvalue weighted by atomic mass is 127. The predicted molar refractivity (Wildman–Crippen MR) is 128 cm³/mol. The lowest BCUT2D eigenvalue weighted by Gasteiger charge is -2.27. The quantitative estimate of drug-likeness (QED) is 0.310. The summed E-state index contributed by atoms with van der Waals surface area (Å²) >= 11 is 0. The molecule has 8 nitrogen and oxygen atoms in total. The van der Waals surface area contributed by atoms with Gasteiger partial charge in [-0.25, -0.2) is 0 Å². The van der Waals surface area contributed by atoms with E-state index in [1.165, 1.54) is 11.1 Å². The van der Waals surface area contributed by atoms with Crippen molar-refractivity contribution in [2.45, 2.75) is 39.3 Å². The summed E-state index contributed by atoms with van der Waals surface area (Å²) in [6.07, 6.45) is 0.661. The number of nitrogens with zero attached hydrogens (tertiary/aromatic N) is 4. The Morgan fingerprint density at radius 3 is 2.57 bits per heavy atom. The molecule has 0 unspecified atom stereocenters. The van der Waals surface area contributed by atoms with Gasteiger partial charge in [-0.3, -0.25) is 9.89 Å². The fourth-order valence-corrected chi connectivity index (χ4v) is 3.18. The predicted octanol–water partition coefficient (Wildman–Crippen LogP) is 2.55. The number of halogens is 1. The number of ether oxygens (including phenoxy) is 1. The molecular weight excluding hydrogens is 495 g/mol. The number of hydrogen-bond acceptors (Lipinski definition) is 6. The van der Waals surface area contributed by atoms with Gasteiger partial charge in [0, 0.05) is 52.1 Å². The van der Waals surface area contributed by atoms with Crippen molar-refractivity contribution in [1.29, 1.82) is 0 Å². The van der Waals surface area contributed by atoms with Crippen LogP contribution in [0.2, 0.25) is 0 Å². The molecule has 2 heterocycles. The topological polar surface area (TPSA) is 87.8 Å². The first-order valence-corrected chi connectivity index (χ1v) is 10.3. The lowest BCUT2D eigenvalue weighted by molar-refractivity contribution is 0.0341. The van der Waals surface area contributed by atoms with Crippen LogP contribution in [-0.2, 0) is 24.2 Å². The van der Waals surface area contributed by atoms with Crippen LogP contribution in [0, 0.1) is 0 Å². The van der Waals surface area contributed by atoms with Gasteiger partial charge in [-0.15, -0.1) is 24.0 Å². The largest absolute Gasteiger partial charge is 0.379 e. The van der Waals surface area contributed by atoms with E-state index in [4.69, 9.17) is 9.26 Å². The molecule has 0 amide bonds. The molecule has 1 fully saturated rings. The Labute approximate surface area is 195 Å². The number of hydrogen-bond donors (Lipinski definition) is 2. The highest BCUT2D eigenvalue weighted by molar-refractivity contribution is 14.0. The normalized spacial score (nSPS) is 15.1. The lowest BCUT2D eigenvalue weighted by atomic mass is 10.1. The molecule has 3 rings (SSSR count). The number of nitrogens with one attached hydrogen (secondary N) is 2. The van der Waals surface area contributed by atoms with Crippen molar-refractivity contribution in [3.63, 3.8) is 0 Å². The molecule has 2 aromatic rings. The number of aromatic nitrogens is 2. The molecule has 166 valence electrons. The van der Waals surface area contributed by atoms with Gasteiger partial charge < -0.3 is 19.9 Å². The highest BCUT2D eigenvalue weighted by Crippen LogP contribution is 2.13. The van der Waals surface area contributed by atoms with Gasteiger partial charge in [0.15, 0.2) is 11.8 Å². The van der Waals surface area contributed by atoms with Gasteiger partial charge >= 0.3 is 0 Å². The summed E-state index contributed by atoms with van der Waals surface area (Å²) in [7, 11) is 1.78. The summed E-state index contributed by atoms with van der Waals surface area (Å²) in [6, 6.07) is 8.55. The second-order valence-corrected chi connectivity index (χ2v) is 7.46. The molecule has 1 aromatic heterocycles. The first-order valence-electron chi connectivity index (χ1n) is 10.3. The highest BCUT2D eigenvalue weighted by Gasteiger charge is 2.13. The zero-order valence-corrected chi connectivity index (χ0v) is 20.4. The smallest absolute Gasteiger partial charge is 0.228 e. The van der Waals surface area contributed by atoms with Gasteiger partial charge in [0.25, 0.3) is 0 Å². The molecular formula is C21H33IN6O2. The van der Waals surface area contributed by atoms with E-state index in [2.05, 4.69) is 68.8 Å². The third-order valence-corrected chi connectivity index (χ3v) is 4.92. The molecule has 0 bridgehead atoms. The number of morpholine rings is 1. The van der Waals surface area contributed by atoms with Gasteiger partial charge in [0.2, 0.25) is 5.89 Å². The van der Waals surface area contributed by atoms with Crippen molar-refractivity contribution in [3.8, 4) is 0 Å². The Kier molecular flexibility index (Phi) is 10.5. The van der Waals surface area contributed by atoms with E-state index in [1.54, 1.807) is 7.05 Å². The Morgan fingerprint density at radius 2 is 1.90 bits per heavy atom. The summed E-state index contributed by atoms with van der Waals surface area (Å²) < 4.78 is 10.7. The average molecular weight is 528 g/mol. The summed E-state index contributed by atoms with van der Waals surface area (Å²) in [5, 5.41) is 10.7. The minimum Gasteiger partial charge on any atom is -0.379 e. The fraction of sp³-hybridized carbons (Fsp3) is 0.571. The zero-order valence-electron chi connectivity index (χ0n) is 18.1. The molecule has 1 aliphatic heterocycles. The van der Waals surface area contributed by atoms with Gasteiger partial charge in [0.1, 0.15) is 0 Å². The van der Waals surface area contributed by atoms with Gasteiger partial charge in [-0.05, 0) is 11.1 Å². The molecule has 1 aliphatic rings. The summed E-state index contributed by atoms with van der Waals surface area (Å²) in [6.45, 7) is 10.0. The van der Waals surface area contributed by atoms with Crippen molar-refractivity contribution < 1.29 is 9.26 Å². The summed E-state index contributed by atoms with van der Waals surface area (Å²) in [5.74, 6) is 2.43. The van der Waals surface area contributed by atoms with Gasteiger partial charge in [-0.2, -0.15) is 4.98 Å². The van der Waals surface area contributed by atoms with Crippen molar-refractivity contribution >= 4 is 29.9 Å². The Hall–Kier alpha value is -1.72. The molecule has 0 saturated carbocycles. The minimum atomic E-state index is 0. The summed E-state index contributed by atoms with van der Waals surface area (Å²) in [5.41, 5.74) is 2.62. The Bertz CT molecular complexity index is 789. The Balaban J connectivity index is 0.00000320. The number of rotatable bonds is 8. The van der Waals surface area contributed by atoms with Crippen LogP contribution in [0.25, 0.3) is 0 Å². The van der Waals surface area contributed by atoms with Crippen LogP contribution in [0.4, 0.5) is 0 Å². The molecule has 0 spiro atoms. The third-order valence-electron chi connectivity index (χ3n) is 4.92. The molecule has 1 saturated heterocycles. The molecule has 1 aromatic carbocycles. The van der Waals surface area contributed by atoms with E-state index in [9.17, 15) is 0 Å². The lowest BCUT2D eigenvalue weighted by Crippen LogP contribution is -2.38. The van der Waals surface area contributed by atoms with E-state index in [1.807, 2.05) is 0 Å². The SMILES string of the molecule is CN=C(NCCc1nc(C(C)C)no1)NCc1ccccc1CN1CCOCC1.I. The van der Waals surface area contributed by atoms with Crippen molar-refractivity contribution in [3.05, 3.63) is 47.1 Å². The fourth-order valence-electron chi connectivity index (χ4n) is 3.18. The van der Waals surface area contributed by atoms with Crippen LogP contribution in [0.1, 0.15) is 42.6 Å². The van der Waals surface area contributed by atoms with Crippen LogP contribution in [-0.4, -0.2) is 60.9 Å². The zero-order chi connectivity index (χ0) is 20.5. The Morgan fingerprint density at radius 1 is 1.17 bits per heavy atom. The first kappa shape index (κ1) is 24.5. The number of guanidine groups is 1. The van der Waals surface area contributed by atoms with Gasteiger partial charge in [-0.1, -0.05) is 43.3 Å². The van der Waals surface area contributed by atoms with E-state index in [-0.39, 0.29) is 29.9 Å². The van der Waals surface area contributed by atoms with Crippen molar-refractivity contribution in [2.24, 2.45) is 4.99 Å². The van der Waals surface area contributed by atoms with Crippen molar-refractivity contribution in [1.82, 2.24) is 25.7 Å². The van der Waals surface area contributed by atoms with Gasteiger partial charge in [0.05, 0.1) is 13.2 Å². The van der Waals surface area contributed by atoms with Crippen LogP contribution >= 0.6 is 24.0 Å². The van der Waals surface area contributed by atoms with E-state index >= 15 is 0 Å². The van der Waals surface area contributed by atoms with Crippen LogP contribution < -0.4 is 10.6 Å². The minimum absolute atomic E-state index is 0. The monoisotopic (exact) mass is 528 g/mol. The van der Waals surface area contributed by atoms with Crippen LogP contribution in [0.3, 0.4) is 0 Å². The van der Waals surface area contributed by atoms with Crippen molar-refractivity contribution in [2.75, 3.05) is 39.9 Å². The van der Waals surface area contributed by atoms with E-state index < -0.39 is 0 Å². The number of aliphatic imine (C=N–C) groups is 1. The molecule has 9 heteroatoms. The standard InChI is InChI=1S/C21H32N6O2.HI/c1-16(2)20-25-19(29-26-20)8-9-23-21(22-3)24-14-17-6-4-5-7-18(17)15-27-10-12-28-13-11-27;/h4-7,16H,8-15H2,1-3H3,(H2,22,23,24);1H. The maximum absolute atomic E-state index is 5.45. The molecule has 0 radical (unpaired) electrons. The van der Waals surface area contributed by atoms with E-state index in [0.29, 0.717) is 18.9 Å². The maximum atomic E-state index is 5.45. The first-order chi connectivity index (χ1) is 14.2. The maximum Gasteiger partial charge on any atom is 0.228 e. The van der Waals surface area contributed by atoms with E-state index in [0.717, 1.165) is 51.2 Å². The third kappa shape index (κ3) is 7.51. The van der Waals surface area contributed by atoms with Crippen LogP contribution in [0.15, 0.2) is 33.8 Å². The van der Waals surface area contributed by atoms with Crippen LogP contribution in [0.5, 0.6) is 0 Å².